The van der Waals surface area contributed by atoms with E-state index in [2.05, 4.69) is 29.2 Å². The Morgan fingerprint density at radius 1 is 1.20 bits per heavy atom. The summed E-state index contributed by atoms with van der Waals surface area (Å²) in [4.78, 5) is 2.52. The van der Waals surface area contributed by atoms with Crippen LogP contribution < -0.4 is 10.6 Å². The maximum Gasteiger partial charge on any atom is 0.0414 e. The maximum atomic E-state index is 6.13. The van der Waals surface area contributed by atoms with E-state index in [4.69, 9.17) is 5.73 Å². The molecule has 0 radical (unpaired) electrons. The van der Waals surface area contributed by atoms with Gasteiger partial charge in [-0.15, -0.1) is 0 Å². The molecule has 0 spiro atoms. The number of para-hydroxylation sites is 1. The highest BCUT2D eigenvalue weighted by Crippen LogP contribution is 2.36. The number of benzene rings is 1. The van der Waals surface area contributed by atoms with Gasteiger partial charge in [0.05, 0.1) is 0 Å². The van der Waals surface area contributed by atoms with Gasteiger partial charge in [0.25, 0.3) is 0 Å². The molecule has 0 amide bonds. The molecule has 1 fully saturated rings. The van der Waals surface area contributed by atoms with Crippen LogP contribution in [0.1, 0.15) is 30.9 Å². The molecule has 0 saturated heterocycles. The number of fused-ring (bicyclic) bond motifs is 1. The Morgan fingerprint density at radius 3 is 2.80 bits per heavy atom. The zero-order chi connectivity index (χ0) is 10.3. The highest BCUT2D eigenvalue weighted by molar-refractivity contribution is 5.57. The molecule has 1 unspecified atom stereocenters. The van der Waals surface area contributed by atoms with Crippen molar-refractivity contribution in [2.45, 2.75) is 25.3 Å². The molecule has 2 heteroatoms. The molecule has 1 aliphatic heterocycles. The van der Waals surface area contributed by atoms with Crippen LogP contribution in [0.4, 0.5) is 5.69 Å². The fourth-order valence-corrected chi connectivity index (χ4v) is 2.46. The Hall–Kier alpha value is -1.02. The third-order valence-corrected chi connectivity index (χ3v) is 3.56. The van der Waals surface area contributed by atoms with E-state index in [0.29, 0.717) is 0 Å². The summed E-state index contributed by atoms with van der Waals surface area (Å²) in [5, 5.41) is 0. The van der Waals surface area contributed by atoms with Gasteiger partial charge in [0.15, 0.2) is 0 Å². The third-order valence-electron chi connectivity index (χ3n) is 3.56. The first-order valence-electron chi connectivity index (χ1n) is 5.94. The molecule has 3 rings (SSSR count). The quantitative estimate of drug-likeness (QED) is 0.797. The lowest BCUT2D eigenvalue weighted by Crippen LogP contribution is -2.35. The second kappa shape index (κ2) is 3.53. The molecular weight excluding hydrogens is 184 g/mol. The number of hydrogen-bond acceptors (Lipinski definition) is 2. The standard InChI is InChI=1S/C13H18N2/c14-12-7-8-15(9-10-5-6-10)13-4-2-1-3-11(12)13/h1-4,10,12H,5-9,14H2. The molecule has 1 aromatic carbocycles. The highest BCUT2D eigenvalue weighted by atomic mass is 15.1. The minimum absolute atomic E-state index is 0.247. The van der Waals surface area contributed by atoms with Gasteiger partial charge in [-0.1, -0.05) is 18.2 Å². The maximum absolute atomic E-state index is 6.13. The van der Waals surface area contributed by atoms with Crippen molar-refractivity contribution in [3.8, 4) is 0 Å². The number of anilines is 1. The summed E-state index contributed by atoms with van der Waals surface area (Å²) in [7, 11) is 0. The summed E-state index contributed by atoms with van der Waals surface area (Å²) in [6, 6.07) is 8.86. The lowest BCUT2D eigenvalue weighted by Gasteiger charge is -2.34. The van der Waals surface area contributed by atoms with Crippen molar-refractivity contribution in [3.05, 3.63) is 29.8 Å². The second-order valence-corrected chi connectivity index (χ2v) is 4.84. The number of nitrogens with two attached hydrogens (primary N) is 1. The molecule has 2 aliphatic rings. The van der Waals surface area contributed by atoms with Crippen LogP contribution in [0.15, 0.2) is 24.3 Å². The van der Waals surface area contributed by atoms with Gasteiger partial charge >= 0.3 is 0 Å². The summed E-state index contributed by atoms with van der Waals surface area (Å²) in [6.07, 6.45) is 3.94. The molecular formula is C13H18N2. The van der Waals surface area contributed by atoms with Crippen LogP contribution in [0, 0.1) is 5.92 Å². The van der Waals surface area contributed by atoms with Gasteiger partial charge in [0.1, 0.15) is 0 Å². The average molecular weight is 202 g/mol. The van der Waals surface area contributed by atoms with Gasteiger partial charge in [0.2, 0.25) is 0 Å². The zero-order valence-electron chi connectivity index (χ0n) is 9.02. The van der Waals surface area contributed by atoms with Gasteiger partial charge in [-0.05, 0) is 36.8 Å². The molecule has 80 valence electrons. The fraction of sp³-hybridized carbons (Fsp3) is 0.538. The fourth-order valence-electron chi connectivity index (χ4n) is 2.46. The first-order chi connectivity index (χ1) is 7.34. The summed E-state index contributed by atoms with van der Waals surface area (Å²) < 4.78 is 0. The molecule has 0 aromatic heterocycles. The largest absolute Gasteiger partial charge is 0.371 e. The smallest absolute Gasteiger partial charge is 0.0414 e. The SMILES string of the molecule is NC1CCN(CC2CC2)c2ccccc21. The van der Waals surface area contributed by atoms with Crippen molar-refractivity contribution in [1.82, 2.24) is 0 Å². The molecule has 0 bridgehead atoms. The molecule has 2 N–H and O–H groups in total. The molecule has 1 aliphatic carbocycles. The number of rotatable bonds is 2. The van der Waals surface area contributed by atoms with E-state index in [-0.39, 0.29) is 6.04 Å². The van der Waals surface area contributed by atoms with Crippen LogP contribution in [0.25, 0.3) is 0 Å². The monoisotopic (exact) mass is 202 g/mol. The summed E-state index contributed by atoms with van der Waals surface area (Å²) in [5.74, 6) is 0.951. The zero-order valence-corrected chi connectivity index (χ0v) is 9.02. The predicted octanol–water partition coefficient (Wildman–Crippen LogP) is 2.31. The Balaban J connectivity index is 1.89. The minimum Gasteiger partial charge on any atom is -0.371 e. The summed E-state index contributed by atoms with van der Waals surface area (Å²) >= 11 is 0. The average Bonchev–Trinajstić information content (AvgIpc) is 3.07. The summed E-state index contributed by atoms with van der Waals surface area (Å²) in [5.41, 5.74) is 8.84. The van der Waals surface area contributed by atoms with E-state index in [1.165, 1.54) is 30.6 Å². The van der Waals surface area contributed by atoms with E-state index >= 15 is 0 Å². The molecule has 1 saturated carbocycles. The highest BCUT2D eigenvalue weighted by Gasteiger charge is 2.28. The van der Waals surface area contributed by atoms with Crippen molar-refractivity contribution in [2.24, 2.45) is 11.7 Å². The van der Waals surface area contributed by atoms with Crippen molar-refractivity contribution >= 4 is 5.69 Å². The van der Waals surface area contributed by atoms with E-state index in [0.717, 1.165) is 18.9 Å². The van der Waals surface area contributed by atoms with Gasteiger partial charge < -0.3 is 10.6 Å². The lowest BCUT2D eigenvalue weighted by atomic mass is 9.97. The van der Waals surface area contributed by atoms with Crippen LogP contribution in [-0.2, 0) is 0 Å². The van der Waals surface area contributed by atoms with Crippen LogP contribution >= 0.6 is 0 Å². The van der Waals surface area contributed by atoms with E-state index in [9.17, 15) is 0 Å². The van der Waals surface area contributed by atoms with Gasteiger partial charge in [-0.3, -0.25) is 0 Å². The molecule has 1 atom stereocenters. The number of hydrogen-bond donors (Lipinski definition) is 1. The first kappa shape index (κ1) is 9.22. The van der Waals surface area contributed by atoms with Crippen LogP contribution in [-0.4, -0.2) is 13.1 Å². The normalized spacial score (nSPS) is 25.1. The van der Waals surface area contributed by atoms with Gasteiger partial charge in [-0.2, -0.15) is 0 Å². The van der Waals surface area contributed by atoms with E-state index in [1.807, 2.05) is 0 Å². The molecule has 1 heterocycles. The topological polar surface area (TPSA) is 29.3 Å². The van der Waals surface area contributed by atoms with Crippen molar-refractivity contribution < 1.29 is 0 Å². The van der Waals surface area contributed by atoms with Crippen LogP contribution in [0.5, 0.6) is 0 Å². The second-order valence-electron chi connectivity index (χ2n) is 4.84. The lowest BCUT2D eigenvalue weighted by molar-refractivity contribution is 0.579. The van der Waals surface area contributed by atoms with Crippen molar-refractivity contribution in [1.29, 1.82) is 0 Å². The number of nitrogens with zero attached hydrogens (tertiary/aromatic N) is 1. The van der Waals surface area contributed by atoms with E-state index < -0.39 is 0 Å². The predicted molar refractivity (Wildman–Crippen MR) is 62.9 cm³/mol. The van der Waals surface area contributed by atoms with Crippen LogP contribution in [0.2, 0.25) is 0 Å². The van der Waals surface area contributed by atoms with Crippen LogP contribution in [0.3, 0.4) is 0 Å². The van der Waals surface area contributed by atoms with Crippen molar-refractivity contribution in [2.75, 3.05) is 18.0 Å². The Morgan fingerprint density at radius 2 is 2.00 bits per heavy atom. The third kappa shape index (κ3) is 1.74. The Bertz CT molecular complexity index is 357. The van der Waals surface area contributed by atoms with Crippen molar-refractivity contribution in [3.63, 3.8) is 0 Å². The summed E-state index contributed by atoms with van der Waals surface area (Å²) in [6.45, 7) is 2.37. The molecule has 2 nitrogen and oxygen atoms in total. The first-order valence-corrected chi connectivity index (χ1v) is 5.94. The van der Waals surface area contributed by atoms with Gasteiger partial charge in [0, 0.05) is 24.8 Å². The Kier molecular flexibility index (Phi) is 2.17. The Labute approximate surface area is 91.1 Å². The molecule has 15 heavy (non-hydrogen) atoms. The molecule has 1 aromatic rings. The minimum atomic E-state index is 0.247. The van der Waals surface area contributed by atoms with E-state index in [1.54, 1.807) is 0 Å². The van der Waals surface area contributed by atoms with Gasteiger partial charge in [-0.25, -0.2) is 0 Å².